The fraction of sp³-hybridized carbons (Fsp3) is 0.529. The molecule has 1 aromatic carbocycles. The first-order valence-electron chi connectivity index (χ1n) is 7.38. The van der Waals surface area contributed by atoms with Crippen molar-refractivity contribution in [3.05, 3.63) is 35.9 Å². The number of rotatable bonds is 6. The lowest BCUT2D eigenvalue weighted by molar-refractivity contribution is -0.155. The van der Waals surface area contributed by atoms with Crippen LogP contribution in [0.25, 0.3) is 0 Å². The van der Waals surface area contributed by atoms with Crippen molar-refractivity contribution < 1.29 is 14.3 Å². The van der Waals surface area contributed by atoms with Gasteiger partial charge in [-0.2, -0.15) is 0 Å². The average Bonchev–Trinajstić information content (AvgIpc) is 2.41. The lowest BCUT2D eigenvalue weighted by Gasteiger charge is -2.20. The molecule has 0 aliphatic carbocycles. The van der Waals surface area contributed by atoms with Gasteiger partial charge in [0.05, 0.1) is 12.5 Å². The highest BCUT2D eigenvalue weighted by molar-refractivity contribution is 5.81. The number of carbonyl (C=O) groups is 2. The molecule has 0 heterocycles. The molecule has 0 saturated carbocycles. The van der Waals surface area contributed by atoms with Gasteiger partial charge >= 0.3 is 5.97 Å². The van der Waals surface area contributed by atoms with Gasteiger partial charge in [0.25, 0.3) is 0 Å². The van der Waals surface area contributed by atoms with Crippen LogP contribution in [0.2, 0.25) is 0 Å². The Morgan fingerprint density at radius 2 is 1.76 bits per heavy atom. The van der Waals surface area contributed by atoms with Crippen LogP contribution in [0.5, 0.6) is 0 Å². The molecule has 1 rings (SSSR count). The van der Waals surface area contributed by atoms with Crippen molar-refractivity contribution >= 4 is 11.9 Å². The third-order valence-electron chi connectivity index (χ3n) is 2.92. The number of hydrogen-bond donors (Lipinski definition) is 1. The van der Waals surface area contributed by atoms with E-state index < -0.39 is 5.60 Å². The molecule has 0 aliphatic heterocycles. The minimum atomic E-state index is -0.510. The second-order valence-corrected chi connectivity index (χ2v) is 6.03. The first kappa shape index (κ1) is 17.2. The Bertz CT molecular complexity index is 463. The number of esters is 1. The fourth-order valence-electron chi connectivity index (χ4n) is 1.98. The summed E-state index contributed by atoms with van der Waals surface area (Å²) >= 11 is 0. The van der Waals surface area contributed by atoms with E-state index in [2.05, 4.69) is 5.32 Å². The van der Waals surface area contributed by atoms with Gasteiger partial charge in [-0.25, -0.2) is 0 Å². The lowest BCUT2D eigenvalue weighted by Crippen LogP contribution is -2.29. The van der Waals surface area contributed by atoms with Gasteiger partial charge in [0.15, 0.2) is 0 Å². The van der Waals surface area contributed by atoms with Crippen LogP contribution in [-0.2, 0) is 14.3 Å². The summed E-state index contributed by atoms with van der Waals surface area (Å²) < 4.78 is 5.19. The Hall–Kier alpha value is -1.84. The van der Waals surface area contributed by atoms with Crippen LogP contribution >= 0.6 is 0 Å². The van der Waals surface area contributed by atoms with Gasteiger partial charge in [-0.3, -0.25) is 9.59 Å². The fourth-order valence-corrected chi connectivity index (χ4v) is 1.98. The van der Waals surface area contributed by atoms with E-state index in [4.69, 9.17) is 4.74 Å². The van der Waals surface area contributed by atoms with Crippen molar-refractivity contribution in [2.45, 2.75) is 58.6 Å². The Kier molecular flexibility index (Phi) is 6.40. The van der Waals surface area contributed by atoms with Gasteiger partial charge in [-0.1, -0.05) is 37.3 Å². The van der Waals surface area contributed by atoms with Crippen molar-refractivity contribution in [2.75, 3.05) is 0 Å². The van der Waals surface area contributed by atoms with Gasteiger partial charge in [-0.15, -0.1) is 0 Å². The number of amides is 1. The number of benzene rings is 1. The molecule has 116 valence electrons. The number of carbonyl (C=O) groups excluding carboxylic acids is 2. The average molecular weight is 291 g/mol. The van der Waals surface area contributed by atoms with E-state index in [1.807, 2.05) is 58.0 Å². The van der Waals surface area contributed by atoms with Crippen LogP contribution in [0.15, 0.2) is 30.3 Å². The molecule has 1 atom stereocenters. The third-order valence-corrected chi connectivity index (χ3v) is 2.92. The van der Waals surface area contributed by atoms with E-state index in [9.17, 15) is 9.59 Å². The largest absolute Gasteiger partial charge is 0.460 e. The highest BCUT2D eigenvalue weighted by atomic mass is 16.6. The standard InChI is InChI=1S/C17H25NO3/c1-5-14(13-9-7-6-8-10-13)18-15(19)11-12-16(20)21-17(2,3)4/h6-10,14H,5,11-12H2,1-4H3,(H,18,19). The molecule has 0 saturated heterocycles. The predicted molar refractivity (Wildman–Crippen MR) is 82.7 cm³/mol. The van der Waals surface area contributed by atoms with Gasteiger partial charge in [0, 0.05) is 6.42 Å². The molecule has 1 amide bonds. The zero-order valence-corrected chi connectivity index (χ0v) is 13.3. The summed E-state index contributed by atoms with van der Waals surface area (Å²) in [6.45, 7) is 7.46. The summed E-state index contributed by atoms with van der Waals surface area (Å²) in [7, 11) is 0. The van der Waals surface area contributed by atoms with Gasteiger partial charge in [0.2, 0.25) is 5.91 Å². The molecule has 1 N–H and O–H groups in total. The second kappa shape index (κ2) is 7.81. The van der Waals surface area contributed by atoms with Gasteiger partial charge < -0.3 is 10.1 Å². The Morgan fingerprint density at radius 1 is 1.14 bits per heavy atom. The van der Waals surface area contributed by atoms with Crippen molar-refractivity contribution in [3.8, 4) is 0 Å². The minimum absolute atomic E-state index is 0.0164. The molecule has 0 aromatic heterocycles. The summed E-state index contributed by atoms with van der Waals surface area (Å²) in [6, 6.07) is 9.80. The van der Waals surface area contributed by atoms with Crippen LogP contribution in [0, 0.1) is 0 Å². The molecule has 1 unspecified atom stereocenters. The highest BCUT2D eigenvalue weighted by Gasteiger charge is 2.18. The maximum Gasteiger partial charge on any atom is 0.306 e. The van der Waals surface area contributed by atoms with Crippen LogP contribution in [-0.4, -0.2) is 17.5 Å². The molecular weight excluding hydrogens is 266 g/mol. The van der Waals surface area contributed by atoms with Crippen LogP contribution in [0.3, 0.4) is 0 Å². The Morgan fingerprint density at radius 3 is 2.29 bits per heavy atom. The third kappa shape index (κ3) is 6.93. The summed E-state index contributed by atoms with van der Waals surface area (Å²) in [5.41, 5.74) is 0.564. The van der Waals surface area contributed by atoms with Crippen molar-refractivity contribution in [1.29, 1.82) is 0 Å². The summed E-state index contributed by atoms with van der Waals surface area (Å²) in [4.78, 5) is 23.5. The van der Waals surface area contributed by atoms with Crippen molar-refractivity contribution in [3.63, 3.8) is 0 Å². The topological polar surface area (TPSA) is 55.4 Å². The zero-order valence-electron chi connectivity index (χ0n) is 13.3. The second-order valence-electron chi connectivity index (χ2n) is 6.03. The van der Waals surface area contributed by atoms with Gasteiger partial charge in [-0.05, 0) is 32.8 Å². The summed E-state index contributed by atoms with van der Waals surface area (Å²) in [5.74, 6) is -0.470. The number of hydrogen-bond acceptors (Lipinski definition) is 3. The molecule has 0 bridgehead atoms. The summed E-state index contributed by atoms with van der Waals surface area (Å²) in [6.07, 6.45) is 1.06. The van der Waals surface area contributed by atoms with Crippen LogP contribution in [0.4, 0.5) is 0 Å². The molecule has 0 spiro atoms. The Labute approximate surface area is 126 Å². The molecule has 21 heavy (non-hydrogen) atoms. The molecule has 4 heteroatoms. The maximum atomic E-state index is 11.9. The Balaban J connectivity index is 2.44. The van der Waals surface area contributed by atoms with E-state index in [-0.39, 0.29) is 30.8 Å². The van der Waals surface area contributed by atoms with E-state index in [0.29, 0.717) is 0 Å². The van der Waals surface area contributed by atoms with Crippen molar-refractivity contribution in [2.24, 2.45) is 0 Å². The molecular formula is C17H25NO3. The van der Waals surface area contributed by atoms with Crippen LogP contribution in [0.1, 0.15) is 58.6 Å². The molecule has 0 radical (unpaired) electrons. The normalized spacial score (nSPS) is 12.6. The van der Waals surface area contributed by atoms with Gasteiger partial charge in [0.1, 0.15) is 5.60 Å². The van der Waals surface area contributed by atoms with E-state index in [1.54, 1.807) is 0 Å². The zero-order chi connectivity index (χ0) is 15.9. The maximum absolute atomic E-state index is 11.9. The smallest absolute Gasteiger partial charge is 0.306 e. The molecule has 0 fully saturated rings. The van der Waals surface area contributed by atoms with E-state index >= 15 is 0 Å². The summed E-state index contributed by atoms with van der Waals surface area (Å²) in [5, 5.41) is 2.95. The molecule has 4 nitrogen and oxygen atoms in total. The van der Waals surface area contributed by atoms with E-state index in [0.717, 1.165) is 12.0 Å². The SMILES string of the molecule is CCC(NC(=O)CCC(=O)OC(C)(C)C)c1ccccc1. The molecule has 1 aromatic rings. The highest BCUT2D eigenvalue weighted by Crippen LogP contribution is 2.16. The number of nitrogens with one attached hydrogen (secondary N) is 1. The molecule has 0 aliphatic rings. The van der Waals surface area contributed by atoms with E-state index in [1.165, 1.54) is 0 Å². The first-order valence-corrected chi connectivity index (χ1v) is 7.38. The minimum Gasteiger partial charge on any atom is -0.460 e. The predicted octanol–water partition coefficient (Wildman–Crippen LogP) is 3.38. The van der Waals surface area contributed by atoms with Crippen molar-refractivity contribution in [1.82, 2.24) is 5.32 Å². The lowest BCUT2D eigenvalue weighted by atomic mass is 10.0. The number of ether oxygens (including phenoxy) is 1. The van der Waals surface area contributed by atoms with Crippen LogP contribution < -0.4 is 5.32 Å². The first-order chi connectivity index (χ1) is 9.81. The quantitative estimate of drug-likeness (QED) is 0.817. The monoisotopic (exact) mass is 291 g/mol.